The molecular weight excluding hydrogens is 329 g/mol. The summed E-state index contributed by atoms with van der Waals surface area (Å²) in [6.07, 6.45) is -4.00. The van der Waals surface area contributed by atoms with Crippen molar-refractivity contribution in [1.29, 1.82) is 0 Å². The Labute approximate surface area is 136 Å². The van der Waals surface area contributed by atoms with Gasteiger partial charge in [0.25, 0.3) is 0 Å². The summed E-state index contributed by atoms with van der Waals surface area (Å²) in [6, 6.07) is 9.91. The number of rotatable bonds is 2. The van der Waals surface area contributed by atoms with E-state index >= 15 is 0 Å². The van der Waals surface area contributed by atoms with E-state index in [1.807, 2.05) is 6.92 Å². The highest BCUT2D eigenvalue weighted by Crippen LogP contribution is 2.36. The molecule has 0 unspecified atom stereocenters. The highest BCUT2D eigenvalue weighted by atomic mass is 35.5. The summed E-state index contributed by atoms with van der Waals surface area (Å²) in [6.45, 7) is 1.83. The van der Waals surface area contributed by atoms with Crippen LogP contribution >= 0.6 is 11.6 Å². The van der Waals surface area contributed by atoms with Crippen LogP contribution in [0, 0.1) is 6.92 Å². The second kappa shape index (κ2) is 5.81. The number of hydrogen-bond donors (Lipinski definition) is 0. The maximum absolute atomic E-state index is 12.8. The van der Waals surface area contributed by atoms with Crippen molar-refractivity contribution >= 4 is 17.7 Å². The first-order valence-electron chi connectivity index (χ1n) is 6.82. The van der Waals surface area contributed by atoms with Crippen LogP contribution in [-0.4, -0.2) is 12.3 Å². The zero-order valence-electron chi connectivity index (χ0n) is 12.0. The number of ether oxygens (including phenoxy) is 2. The largest absolute Gasteiger partial charge is 0.476 e. The highest BCUT2D eigenvalue weighted by molar-refractivity contribution is 6.30. The van der Waals surface area contributed by atoms with Gasteiger partial charge in [0, 0.05) is 16.7 Å². The average molecular weight is 341 g/mol. The van der Waals surface area contributed by atoms with Gasteiger partial charge in [0.1, 0.15) is 17.2 Å². The molecule has 2 aromatic rings. The van der Waals surface area contributed by atoms with Crippen molar-refractivity contribution in [2.24, 2.45) is 0 Å². The minimum absolute atomic E-state index is 0.138. The van der Waals surface area contributed by atoms with E-state index < -0.39 is 12.3 Å². The summed E-state index contributed by atoms with van der Waals surface area (Å²) in [4.78, 5) is 0. The maximum Gasteiger partial charge on any atom is 0.429 e. The van der Waals surface area contributed by atoms with Gasteiger partial charge >= 0.3 is 6.18 Å². The van der Waals surface area contributed by atoms with Crippen molar-refractivity contribution in [1.82, 2.24) is 0 Å². The number of alkyl halides is 3. The quantitative estimate of drug-likeness (QED) is 0.690. The maximum atomic E-state index is 12.8. The van der Waals surface area contributed by atoms with Gasteiger partial charge < -0.3 is 9.47 Å². The van der Waals surface area contributed by atoms with Gasteiger partial charge in [-0.3, -0.25) is 0 Å². The smallest absolute Gasteiger partial charge is 0.429 e. The summed E-state index contributed by atoms with van der Waals surface area (Å²) < 4.78 is 49.0. The summed E-state index contributed by atoms with van der Waals surface area (Å²) in [7, 11) is 0. The Morgan fingerprint density at radius 1 is 1.13 bits per heavy atom. The van der Waals surface area contributed by atoms with Crippen molar-refractivity contribution in [2.75, 3.05) is 0 Å². The molecule has 0 aromatic heterocycles. The molecule has 0 aliphatic carbocycles. The second-order valence-corrected chi connectivity index (χ2v) is 5.59. The molecule has 6 heteroatoms. The van der Waals surface area contributed by atoms with Crippen LogP contribution in [0.2, 0.25) is 5.02 Å². The lowest BCUT2D eigenvalue weighted by Gasteiger charge is -2.23. The molecule has 2 aromatic carbocycles. The number of benzene rings is 2. The minimum Gasteiger partial charge on any atom is -0.476 e. The van der Waals surface area contributed by atoms with Crippen LogP contribution in [0.3, 0.4) is 0 Å². The second-order valence-electron chi connectivity index (χ2n) is 5.15. The fourth-order valence-corrected chi connectivity index (χ4v) is 2.44. The minimum atomic E-state index is -4.45. The zero-order valence-corrected chi connectivity index (χ0v) is 12.8. The molecular formula is C17H12ClF3O2. The van der Waals surface area contributed by atoms with Crippen molar-refractivity contribution in [3.63, 3.8) is 0 Å². The van der Waals surface area contributed by atoms with Crippen molar-refractivity contribution in [3.8, 4) is 17.2 Å². The van der Waals surface area contributed by atoms with E-state index in [1.54, 1.807) is 30.3 Å². The van der Waals surface area contributed by atoms with Crippen molar-refractivity contribution in [3.05, 3.63) is 58.6 Å². The predicted molar refractivity (Wildman–Crippen MR) is 82.2 cm³/mol. The van der Waals surface area contributed by atoms with Crippen LogP contribution in [0.1, 0.15) is 11.1 Å². The van der Waals surface area contributed by atoms with Crippen molar-refractivity contribution in [2.45, 2.75) is 19.2 Å². The molecule has 1 aliphatic heterocycles. The van der Waals surface area contributed by atoms with Gasteiger partial charge in [-0.25, -0.2) is 0 Å². The third-order valence-electron chi connectivity index (χ3n) is 3.38. The van der Waals surface area contributed by atoms with Crippen LogP contribution in [0.4, 0.5) is 13.2 Å². The molecule has 0 radical (unpaired) electrons. The molecule has 0 spiro atoms. The van der Waals surface area contributed by atoms with E-state index in [1.165, 1.54) is 12.1 Å². The summed E-state index contributed by atoms with van der Waals surface area (Å²) in [5.41, 5.74) is 1.40. The van der Waals surface area contributed by atoms with Crippen LogP contribution < -0.4 is 9.47 Å². The molecule has 1 heterocycles. The topological polar surface area (TPSA) is 18.5 Å². The zero-order chi connectivity index (χ0) is 16.6. The highest BCUT2D eigenvalue weighted by Gasteiger charge is 2.41. The molecule has 0 fully saturated rings. The van der Waals surface area contributed by atoms with E-state index in [0.29, 0.717) is 22.1 Å². The van der Waals surface area contributed by atoms with Gasteiger partial charge in [0.2, 0.25) is 6.10 Å². The van der Waals surface area contributed by atoms with Gasteiger partial charge in [-0.15, -0.1) is 0 Å². The van der Waals surface area contributed by atoms with Gasteiger partial charge in [-0.2, -0.15) is 13.2 Å². The van der Waals surface area contributed by atoms with E-state index in [-0.39, 0.29) is 5.75 Å². The van der Waals surface area contributed by atoms with E-state index in [0.717, 1.165) is 11.6 Å². The Morgan fingerprint density at radius 3 is 2.61 bits per heavy atom. The molecule has 23 heavy (non-hydrogen) atoms. The molecule has 2 nitrogen and oxygen atoms in total. The number of fused-ring (bicyclic) bond motifs is 1. The van der Waals surface area contributed by atoms with Crippen LogP contribution in [-0.2, 0) is 0 Å². The molecule has 120 valence electrons. The number of hydrogen-bond acceptors (Lipinski definition) is 2. The summed E-state index contributed by atoms with van der Waals surface area (Å²) in [5, 5.41) is 0.585. The molecule has 0 bridgehead atoms. The Bertz CT molecular complexity index is 769. The summed E-state index contributed by atoms with van der Waals surface area (Å²) in [5.74, 6) is 1.11. The third kappa shape index (κ3) is 3.45. The Hall–Kier alpha value is -2.14. The monoisotopic (exact) mass is 340 g/mol. The third-order valence-corrected chi connectivity index (χ3v) is 3.61. The fraction of sp³-hybridized carbons (Fsp3) is 0.176. The first kappa shape index (κ1) is 15.7. The molecule has 1 aliphatic rings. The van der Waals surface area contributed by atoms with Gasteiger partial charge in [0.15, 0.2) is 0 Å². The Kier molecular flexibility index (Phi) is 3.98. The van der Waals surface area contributed by atoms with Crippen LogP contribution in [0.25, 0.3) is 6.08 Å². The van der Waals surface area contributed by atoms with Crippen LogP contribution in [0.5, 0.6) is 17.2 Å². The van der Waals surface area contributed by atoms with E-state index in [9.17, 15) is 13.2 Å². The van der Waals surface area contributed by atoms with Gasteiger partial charge in [0.05, 0.1) is 0 Å². The molecule has 0 N–H and O–H groups in total. The molecule has 0 amide bonds. The SMILES string of the molecule is Cc1cc(Cl)ccc1Oc1ccc2c(c1)O[C@H](C(F)(F)F)C=C2. The fourth-order valence-electron chi connectivity index (χ4n) is 2.22. The first-order chi connectivity index (χ1) is 10.8. The van der Waals surface area contributed by atoms with E-state index in [2.05, 4.69) is 0 Å². The first-order valence-corrected chi connectivity index (χ1v) is 7.20. The average Bonchev–Trinajstić information content (AvgIpc) is 2.48. The standard InChI is InChI=1S/C17H12ClF3O2/c1-10-8-12(18)4-6-14(10)22-13-5-2-11-3-7-16(17(19,20)21)23-15(11)9-13/h2-9,16H,1H3/t16-/m0/s1. The Balaban J connectivity index is 1.86. The lowest BCUT2D eigenvalue weighted by molar-refractivity contribution is -0.180. The van der Waals surface area contributed by atoms with Crippen LogP contribution in [0.15, 0.2) is 42.5 Å². The lowest BCUT2D eigenvalue weighted by atomic mass is 10.1. The van der Waals surface area contributed by atoms with Gasteiger partial charge in [-0.1, -0.05) is 17.7 Å². The number of aryl methyl sites for hydroxylation is 1. The molecule has 0 saturated carbocycles. The van der Waals surface area contributed by atoms with Crippen molar-refractivity contribution < 1.29 is 22.6 Å². The molecule has 1 atom stereocenters. The summed E-state index contributed by atoms with van der Waals surface area (Å²) >= 11 is 5.88. The molecule has 3 rings (SSSR count). The normalized spacial score (nSPS) is 16.7. The lowest BCUT2D eigenvalue weighted by Crippen LogP contribution is -2.33. The van der Waals surface area contributed by atoms with E-state index in [4.69, 9.17) is 21.1 Å². The Morgan fingerprint density at radius 2 is 1.91 bits per heavy atom. The predicted octanol–water partition coefficient (Wildman–Crippen LogP) is 5.78. The number of halogens is 4. The molecule has 0 saturated heterocycles. The van der Waals surface area contributed by atoms with Gasteiger partial charge in [-0.05, 0) is 48.9 Å².